The summed E-state index contributed by atoms with van der Waals surface area (Å²) in [6.45, 7) is 3.72. The van der Waals surface area contributed by atoms with Gasteiger partial charge in [-0.05, 0) is 41.6 Å². The van der Waals surface area contributed by atoms with Crippen LogP contribution in [0.15, 0.2) is 59.2 Å². The number of aromatic nitrogens is 1. The molecule has 1 heterocycles. The van der Waals surface area contributed by atoms with Crippen molar-refractivity contribution in [2.24, 2.45) is 0 Å². The SMILES string of the molecule is CCc1cccc2ccn(CCOc3cccc(Br)c3)c12. The summed E-state index contributed by atoms with van der Waals surface area (Å²) in [7, 11) is 0. The molecule has 0 N–H and O–H groups in total. The lowest BCUT2D eigenvalue weighted by Gasteiger charge is -2.10. The van der Waals surface area contributed by atoms with Crippen molar-refractivity contribution in [3.8, 4) is 5.75 Å². The van der Waals surface area contributed by atoms with Crippen molar-refractivity contribution in [3.05, 3.63) is 64.8 Å². The standard InChI is InChI=1S/C18H18BrNO/c1-2-14-5-3-6-15-9-10-20(18(14)15)11-12-21-17-8-4-7-16(19)13-17/h3-10,13H,2,11-12H2,1H3. The van der Waals surface area contributed by atoms with Crippen molar-refractivity contribution >= 4 is 26.8 Å². The second-order valence-corrected chi connectivity index (χ2v) is 5.94. The van der Waals surface area contributed by atoms with Crippen molar-refractivity contribution in [2.45, 2.75) is 19.9 Å². The molecule has 2 aromatic carbocycles. The summed E-state index contributed by atoms with van der Waals surface area (Å²) in [6, 6.07) is 16.6. The molecular formula is C18H18BrNO. The van der Waals surface area contributed by atoms with Crippen LogP contribution < -0.4 is 4.74 Å². The quantitative estimate of drug-likeness (QED) is 0.632. The highest BCUT2D eigenvalue weighted by molar-refractivity contribution is 9.10. The van der Waals surface area contributed by atoms with Gasteiger partial charge in [0.05, 0.1) is 12.1 Å². The monoisotopic (exact) mass is 343 g/mol. The van der Waals surface area contributed by atoms with E-state index in [2.05, 4.69) is 57.9 Å². The van der Waals surface area contributed by atoms with Gasteiger partial charge in [0, 0.05) is 10.7 Å². The Morgan fingerprint density at radius 2 is 1.95 bits per heavy atom. The van der Waals surface area contributed by atoms with Gasteiger partial charge >= 0.3 is 0 Å². The van der Waals surface area contributed by atoms with E-state index in [4.69, 9.17) is 4.74 Å². The normalized spacial score (nSPS) is 11.0. The number of benzene rings is 2. The molecule has 3 aromatic rings. The lowest BCUT2D eigenvalue weighted by atomic mass is 10.1. The minimum Gasteiger partial charge on any atom is -0.492 e. The minimum atomic E-state index is 0.665. The van der Waals surface area contributed by atoms with Gasteiger partial charge in [-0.1, -0.05) is 47.1 Å². The van der Waals surface area contributed by atoms with Crippen molar-refractivity contribution in [3.63, 3.8) is 0 Å². The predicted molar refractivity (Wildman–Crippen MR) is 91.0 cm³/mol. The average molecular weight is 344 g/mol. The maximum absolute atomic E-state index is 5.83. The van der Waals surface area contributed by atoms with Crippen LogP contribution in [0.25, 0.3) is 10.9 Å². The van der Waals surface area contributed by atoms with Crippen LogP contribution >= 0.6 is 15.9 Å². The van der Waals surface area contributed by atoms with Gasteiger partial charge in [-0.3, -0.25) is 0 Å². The van der Waals surface area contributed by atoms with E-state index in [0.29, 0.717) is 6.61 Å². The third kappa shape index (κ3) is 3.13. The zero-order valence-corrected chi connectivity index (χ0v) is 13.6. The summed E-state index contributed by atoms with van der Waals surface area (Å²) < 4.78 is 9.16. The van der Waals surface area contributed by atoms with Crippen LogP contribution in [0, 0.1) is 0 Å². The smallest absolute Gasteiger partial charge is 0.120 e. The molecule has 21 heavy (non-hydrogen) atoms. The maximum atomic E-state index is 5.83. The van der Waals surface area contributed by atoms with Crippen molar-refractivity contribution in [2.75, 3.05) is 6.61 Å². The molecule has 0 aliphatic carbocycles. The number of aryl methyl sites for hydroxylation is 1. The van der Waals surface area contributed by atoms with Crippen LogP contribution in [0.2, 0.25) is 0 Å². The molecule has 0 unspecified atom stereocenters. The first-order valence-electron chi connectivity index (χ1n) is 7.23. The molecule has 0 aliphatic rings. The molecule has 0 saturated heterocycles. The van der Waals surface area contributed by atoms with E-state index in [1.165, 1.54) is 16.5 Å². The number of para-hydroxylation sites is 1. The first kappa shape index (κ1) is 14.2. The Balaban J connectivity index is 1.74. The number of halogens is 1. The molecule has 108 valence electrons. The van der Waals surface area contributed by atoms with E-state index in [1.54, 1.807) is 0 Å². The van der Waals surface area contributed by atoms with Crippen LogP contribution in [-0.2, 0) is 13.0 Å². The highest BCUT2D eigenvalue weighted by atomic mass is 79.9. The van der Waals surface area contributed by atoms with Gasteiger partial charge in [-0.15, -0.1) is 0 Å². The molecule has 0 aliphatic heterocycles. The lowest BCUT2D eigenvalue weighted by molar-refractivity contribution is 0.300. The lowest BCUT2D eigenvalue weighted by Crippen LogP contribution is -2.08. The van der Waals surface area contributed by atoms with E-state index >= 15 is 0 Å². The van der Waals surface area contributed by atoms with Gasteiger partial charge in [0.1, 0.15) is 12.4 Å². The Morgan fingerprint density at radius 3 is 2.76 bits per heavy atom. The van der Waals surface area contributed by atoms with E-state index < -0.39 is 0 Å². The second kappa shape index (κ2) is 6.35. The topological polar surface area (TPSA) is 14.2 Å². The third-order valence-corrected chi connectivity index (χ3v) is 4.14. The molecule has 0 fully saturated rings. The molecule has 0 bridgehead atoms. The number of rotatable bonds is 5. The molecule has 0 radical (unpaired) electrons. The number of ether oxygens (including phenoxy) is 1. The van der Waals surface area contributed by atoms with E-state index in [0.717, 1.165) is 23.2 Å². The van der Waals surface area contributed by atoms with Gasteiger partial charge in [0.25, 0.3) is 0 Å². The molecule has 0 spiro atoms. The van der Waals surface area contributed by atoms with Gasteiger partial charge in [0.2, 0.25) is 0 Å². The summed E-state index contributed by atoms with van der Waals surface area (Å²) >= 11 is 3.46. The summed E-state index contributed by atoms with van der Waals surface area (Å²) in [4.78, 5) is 0. The van der Waals surface area contributed by atoms with Crippen LogP contribution in [0.1, 0.15) is 12.5 Å². The first-order valence-corrected chi connectivity index (χ1v) is 8.02. The Labute approximate surface area is 133 Å². The summed E-state index contributed by atoms with van der Waals surface area (Å²) in [5.41, 5.74) is 2.72. The number of nitrogens with zero attached hydrogens (tertiary/aromatic N) is 1. The number of hydrogen-bond acceptors (Lipinski definition) is 1. The third-order valence-electron chi connectivity index (χ3n) is 3.65. The summed E-state index contributed by atoms with van der Waals surface area (Å²) in [5.74, 6) is 0.900. The van der Waals surface area contributed by atoms with E-state index in [9.17, 15) is 0 Å². The van der Waals surface area contributed by atoms with E-state index in [1.807, 2.05) is 24.3 Å². The molecule has 0 atom stereocenters. The van der Waals surface area contributed by atoms with Crippen molar-refractivity contribution in [1.29, 1.82) is 0 Å². The predicted octanol–water partition coefficient (Wildman–Crippen LogP) is 5.05. The largest absolute Gasteiger partial charge is 0.492 e. The fraction of sp³-hybridized carbons (Fsp3) is 0.222. The van der Waals surface area contributed by atoms with Crippen molar-refractivity contribution in [1.82, 2.24) is 4.57 Å². The Hall–Kier alpha value is -1.74. The van der Waals surface area contributed by atoms with Gasteiger partial charge in [0.15, 0.2) is 0 Å². The summed E-state index contributed by atoms with van der Waals surface area (Å²) in [5, 5.41) is 1.30. The first-order chi connectivity index (χ1) is 10.3. The number of fused-ring (bicyclic) bond motifs is 1. The van der Waals surface area contributed by atoms with Crippen LogP contribution in [0.3, 0.4) is 0 Å². The molecule has 3 heteroatoms. The molecule has 1 aromatic heterocycles. The second-order valence-electron chi connectivity index (χ2n) is 5.02. The van der Waals surface area contributed by atoms with E-state index in [-0.39, 0.29) is 0 Å². The summed E-state index contributed by atoms with van der Waals surface area (Å²) in [6.07, 6.45) is 3.20. The molecular weight excluding hydrogens is 326 g/mol. The maximum Gasteiger partial charge on any atom is 0.120 e. The highest BCUT2D eigenvalue weighted by Crippen LogP contribution is 2.21. The zero-order chi connectivity index (χ0) is 14.7. The Kier molecular flexibility index (Phi) is 4.30. The Bertz CT molecular complexity index is 748. The number of hydrogen-bond donors (Lipinski definition) is 0. The van der Waals surface area contributed by atoms with Gasteiger partial charge in [-0.25, -0.2) is 0 Å². The minimum absolute atomic E-state index is 0.665. The average Bonchev–Trinajstić information content (AvgIpc) is 2.91. The van der Waals surface area contributed by atoms with Crippen LogP contribution in [-0.4, -0.2) is 11.2 Å². The van der Waals surface area contributed by atoms with Crippen LogP contribution in [0.5, 0.6) is 5.75 Å². The van der Waals surface area contributed by atoms with Crippen molar-refractivity contribution < 1.29 is 4.74 Å². The zero-order valence-electron chi connectivity index (χ0n) is 12.1. The highest BCUT2D eigenvalue weighted by Gasteiger charge is 2.05. The molecule has 0 amide bonds. The Morgan fingerprint density at radius 1 is 1.10 bits per heavy atom. The van der Waals surface area contributed by atoms with Crippen LogP contribution in [0.4, 0.5) is 0 Å². The molecule has 0 saturated carbocycles. The van der Waals surface area contributed by atoms with Gasteiger partial charge < -0.3 is 9.30 Å². The molecule has 3 rings (SSSR count). The molecule has 2 nitrogen and oxygen atoms in total. The fourth-order valence-corrected chi connectivity index (χ4v) is 3.01. The van der Waals surface area contributed by atoms with Gasteiger partial charge in [-0.2, -0.15) is 0 Å². The fourth-order valence-electron chi connectivity index (χ4n) is 2.63.